The SMILES string of the molecule is Cl.Fc1ccc(C2CCN(Cc3cccc4c3NCC4)C2)cc1. The molecule has 0 bridgehead atoms. The number of para-hydroxylation sites is 1. The number of rotatable bonds is 3. The summed E-state index contributed by atoms with van der Waals surface area (Å²) in [6.07, 6.45) is 2.30. The third kappa shape index (κ3) is 3.36. The molecular weight excluding hydrogens is 311 g/mol. The van der Waals surface area contributed by atoms with E-state index >= 15 is 0 Å². The second-order valence-corrected chi connectivity index (χ2v) is 6.40. The van der Waals surface area contributed by atoms with Gasteiger partial charge in [0, 0.05) is 25.3 Å². The summed E-state index contributed by atoms with van der Waals surface area (Å²) in [4.78, 5) is 2.52. The lowest BCUT2D eigenvalue weighted by molar-refractivity contribution is 0.327. The highest BCUT2D eigenvalue weighted by Crippen LogP contribution is 2.31. The Kier molecular flexibility index (Phi) is 4.88. The Bertz CT molecular complexity index is 672. The van der Waals surface area contributed by atoms with Gasteiger partial charge in [-0.15, -0.1) is 12.4 Å². The first-order valence-corrected chi connectivity index (χ1v) is 8.12. The second kappa shape index (κ2) is 6.90. The molecule has 1 atom stereocenters. The van der Waals surface area contributed by atoms with Gasteiger partial charge < -0.3 is 5.32 Å². The molecule has 2 heterocycles. The van der Waals surface area contributed by atoms with Crippen molar-refractivity contribution >= 4 is 18.1 Å². The molecule has 0 spiro atoms. The van der Waals surface area contributed by atoms with Crippen molar-refractivity contribution in [3.05, 3.63) is 65.0 Å². The molecule has 0 aromatic heterocycles. The summed E-state index contributed by atoms with van der Waals surface area (Å²) in [6.45, 7) is 4.25. The zero-order valence-corrected chi connectivity index (χ0v) is 13.9. The second-order valence-electron chi connectivity index (χ2n) is 6.40. The summed E-state index contributed by atoms with van der Waals surface area (Å²) in [5.41, 5.74) is 5.48. The molecule has 2 aromatic rings. The Morgan fingerprint density at radius 2 is 1.96 bits per heavy atom. The first-order chi connectivity index (χ1) is 10.8. The number of fused-ring (bicyclic) bond motifs is 1. The largest absolute Gasteiger partial charge is 0.384 e. The van der Waals surface area contributed by atoms with E-state index in [9.17, 15) is 4.39 Å². The van der Waals surface area contributed by atoms with Crippen LogP contribution in [0.2, 0.25) is 0 Å². The maximum absolute atomic E-state index is 13.0. The zero-order chi connectivity index (χ0) is 14.9. The van der Waals surface area contributed by atoms with Crippen LogP contribution >= 0.6 is 12.4 Å². The Balaban J connectivity index is 0.00000156. The van der Waals surface area contributed by atoms with Crippen molar-refractivity contribution in [3.8, 4) is 0 Å². The van der Waals surface area contributed by atoms with Gasteiger partial charge in [-0.2, -0.15) is 0 Å². The lowest BCUT2D eigenvalue weighted by atomic mass is 9.98. The molecule has 1 saturated heterocycles. The van der Waals surface area contributed by atoms with E-state index in [2.05, 4.69) is 28.4 Å². The first kappa shape index (κ1) is 16.3. The number of hydrogen-bond donors (Lipinski definition) is 1. The van der Waals surface area contributed by atoms with Crippen molar-refractivity contribution in [2.24, 2.45) is 0 Å². The van der Waals surface area contributed by atoms with Crippen LogP contribution in [0.3, 0.4) is 0 Å². The maximum Gasteiger partial charge on any atom is 0.123 e. The Labute approximate surface area is 143 Å². The van der Waals surface area contributed by atoms with Crippen LogP contribution in [0, 0.1) is 5.82 Å². The van der Waals surface area contributed by atoms with Crippen LogP contribution < -0.4 is 5.32 Å². The molecule has 2 aliphatic rings. The fourth-order valence-electron chi connectivity index (χ4n) is 3.77. The van der Waals surface area contributed by atoms with Gasteiger partial charge in [0.2, 0.25) is 0 Å². The average molecular weight is 333 g/mol. The number of nitrogens with one attached hydrogen (secondary N) is 1. The van der Waals surface area contributed by atoms with Crippen molar-refractivity contribution < 1.29 is 4.39 Å². The summed E-state index contributed by atoms with van der Waals surface area (Å²) in [5, 5.41) is 3.52. The molecule has 1 unspecified atom stereocenters. The topological polar surface area (TPSA) is 15.3 Å². The van der Waals surface area contributed by atoms with Crippen LogP contribution in [-0.2, 0) is 13.0 Å². The van der Waals surface area contributed by atoms with E-state index in [0.717, 1.165) is 39.0 Å². The van der Waals surface area contributed by atoms with Crippen molar-refractivity contribution in [1.82, 2.24) is 4.90 Å². The Morgan fingerprint density at radius 1 is 1.13 bits per heavy atom. The summed E-state index contributed by atoms with van der Waals surface area (Å²) in [6, 6.07) is 13.7. The molecule has 122 valence electrons. The standard InChI is InChI=1S/C19H21FN2.ClH/c20-18-6-4-14(5-7-18)16-9-11-22(12-16)13-17-3-1-2-15-8-10-21-19(15)17;/h1-7,16,21H,8-13H2;1H. The fraction of sp³-hybridized carbons (Fsp3) is 0.368. The lowest BCUT2D eigenvalue weighted by Crippen LogP contribution is -2.20. The highest BCUT2D eigenvalue weighted by Gasteiger charge is 2.25. The number of benzene rings is 2. The number of anilines is 1. The highest BCUT2D eigenvalue weighted by molar-refractivity contribution is 5.85. The monoisotopic (exact) mass is 332 g/mol. The molecule has 2 aromatic carbocycles. The molecule has 2 nitrogen and oxygen atoms in total. The minimum absolute atomic E-state index is 0. The lowest BCUT2D eigenvalue weighted by Gasteiger charge is -2.18. The quantitative estimate of drug-likeness (QED) is 0.906. The van der Waals surface area contributed by atoms with Gasteiger partial charge in [0.15, 0.2) is 0 Å². The molecule has 0 radical (unpaired) electrons. The summed E-state index contributed by atoms with van der Waals surface area (Å²) >= 11 is 0. The fourth-order valence-corrected chi connectivity index (χ4v) is 3.77. The molecule has 1 N–H and O–H groups in total. The minimum Gasteiger partial charge on any atom is -0.384 e. The predicted molar refractivity (Wildman–Crippen MR) is 94.9 cm³/mol. The van der Waals surface area contributed by atoms with E-state index in [0.29, 0.717) is 5.92 Å². The first-order valence-electron chi connectivity index (χ1n) is 8.12. The molecule has 0 saturated carbocycles. The molecular formula is C19H22ClFN2. The average Bonchev–Trinajstić information content (AvgIpc) is 3.17. The number of halogens is 2. The van der Waals surface area contributed by atoms with Crippen molar-refractivity contribution in [2.75, 3.05) is 25.0 Å². The minimum atomic E-state index is -0.149. The van der Waals surface area contributed by atoms with Crippen molar-refractivity contribution in [3.63, 3.8) is 0 Å². The summed E-state index contributed by atoms with van der Waals surface area (Å²) in [7, 11) is 0. The maximum atomic E-state index is 13.0. The molecule has 4 heteroatoms. The van der Waals surface area contributed by atoms with Crippen LogP contribution in [0.15, 0.2) is 42.5 Å². The van der Waals surface area contributed by atoms with Crippen LogP contribution in [-0.4, -0.2) is 24.5 Å². The van der Waals surface area contributed by atoms with Gasteiger partial charge in [0.25, 0.3) is 0 Å². The van der Waals surface area contributed by atoms with Crippen molar-refractivity contribution in [2.45, 2.75) is 25.3 Å². The van der Waals surface area contributed by atoms with E-state index in [1.807, 2.05) is 12.1 Å². The molecule has 0 aliphatic carbocycles. The Morgan fingerprint density at radius 3 is 2.78 bits per heavy atom. The smallest absolute Gasteiger partial charge is 0.123 e. The van der Waals surface area contributed by atoms with E-state index in [1.165, 1.54) is 22.4 Å². The van der Waals surface area contributed by atoms with E-state index < -0.39 is 0 Å². The van der Waals surface area contributed by atoms with Crippen LogP contribution in [0.25, 0.3) is 0 Å². The van der Waals surface area contributed by atoms with Crippen LogP contribution in [0.5, 0.6) is 0 Å². The molecule has 23 heavy (non-hydrogen) atoms. The van der Waals surface area contributed by atoms with Gasteiger partial charge in [-0.3, -0.25) is 4.90 Å². The van der Waals surface area contributed by atoms with Gasteiger partial charge in [0.05, 0.1) is 0 Å². The number of hydrogen-bond acceptors (Lipinski definition) is 2. The van der Waals surface area contributed by atoms with Gasteiger partial charge in [-0.05, 0) is 54.1 Å². The number of nitrogens with zero attached hydrogens (tertiary/aromatic N) is 1. The summed E-state index contributed by atoms with van der Waals surface area (Å²) in [5.74, 6) is 0.384. The molecule has 1 fully saturated rings. The van der Waals surface area contributed by atoms with Gasteiger partial charge in [-0.25, -0.2) is 4.39 Å². The van der Waals surface area contributed by atoms with E-state index in [-0.39, 0.29) is 18.2 Å². The zero-order valence-electron chi connectivity index (χ0n) is 13.1. The van der Waals surface area contributed by atoms with Gasteiger partial charge in [0.1, 0.15) is 5.82 Å². The normalized spacial score (nSPS) is 20.0. The highest BCUT2D eigenvalue weighted by atomic mass is 35.5. The third-order valence-electron chi connectivity index (χ3n) is 4.94. The van der Waals surface area contributed by atoms with Crippen LogP contribution in [0.1, 0.15) is 29.0 Å². The Hall–Kier alpha value is -1.58. The van der Waals surface area contributed by atoms with Gasteiger partial charge >= 0.3 is 0 Å². The van der Waals surface area contributed by atoms with Gasteiger partial charge in [-0.1, -0.05) is 30.3 Å². The number of likely N-dealkylation sites (tertiary alicyclic amines) is 1. The van der Waals surface area contributed by atoms with E-state index in [1.54, 1.807) is 12.1 Å². The molecule has 4 rings (SSSR count). The van der Waals surface area contributed by atoms with Crippen LogP contribution in [0.4, 0.5) is 10.1 Å². The summed E-state index contributed by atoms with van der Waals surface area (Å²) < 4.78 is 13.0. The van der Waals surface area contributed by atoms with E-state index in [4.69, 9.17) is 0 Å². The predicted octanol–water partition coefficient (Wildman–Crippen LogP) is 4.21. The molecule has 0 amide bonds. The third-order valence-corrected chi connectivity index (χ3v) is 4.94. The van der Waals surface area contributed by atoms with Crippen molar-refractivity contribution in [1.29, 1.82) is 0 Å². The molecule has 2 aliphatic heterocycles.